The zero-order chi connectivity index (χ0) is 15.6. The van der Waals surface area contributed by atoms with Crippen LogP contribution in [0.4, 0.5) is 0 Å². The number of aryl methyl sites for hydroxylation is 1. The second-order valence-electron chi connectivity index (χ2n) is 7.09. The van der Waals surface area contributed by atoms with Gasteiger partial charge in [-0.25, -0.2) is 0 Å². The Balaban J connectivity index is 1.43. The minimum Gasteiger partial charge on any atom is -0.480 e. The normalized spacial score (nSPS) is 25.8. The maximum Gasteiger partial charge on any atom is 0.320 e. The summed E-state index contributed by atoms with van der Waals surface area (Å²) in [5.74, 6) is -0.659. The Hall–Kier alpha value is -1.33. The summed E-state index contributed by atoms with van der Waals surface area (Å²) in [6, 6.07) is 3.86. The van der Waals surface area contributed by atoms with Crippen molar-refractivity contribution in [3.8, 4) is 0 Å². The highest BCUT2D eigenvalue weighted by molar-refractivity contribution is 5.74. The fourth-order valence-corrected chi connectivity index (χ4v) is 4.15. The topological polar surface area (TPSA) is 48.7 Å². The van der Waals surface area contributed by atoms with Crippen LogP contribution in [0.25, 0.3) is 0 Å². The first-order valence-electron chi connectivity index (χ1n) is 8.34. The Bertz CT molecular complexity index is 492. The Morgan fingerprint density at radius 1 is 1.23 bits per heavy atom. The molecule has 122 valence electrons. The highest BCUT2D eigenvalue weighted by Gasteiger charge is 2.46. The summed E-state index contributed by atoms with van der Waals surface area (Å²) >= 11 is 0. The largest absolute Gasteiger partial charge is 0.480 e. The second-order valence-corrected chi connectivity index (χ2v) is 7.09. The number of likely N-dealkylation sites (N-methyl/N-ethyl adjacent to an activating group) is 1. The molecule has 3 rings (SSSR count). The molecule has 0 aliphatic carbocycles. The first kappa shape index (κ1) is 15.6. The molecular formula is C17H27N3O2. The number of carboxylic acids is 1. The molecule has 0 saturated carbocycles. The molecule has 1 aromatic rings. The van der Waals surface area contributed by atoms with Gasteiger partial charge in [0.05, 0.1) is 0 Å². The number of aromatic nitrogens is 1. The third-order valence-electron chi connectivity index (χ3n) is 5.50. The molecule has 2 fully saturated rings. The van der Waals surface area contributed by atoms with Crippen molar-refractivity contribution in [3.63, 3.8) is 0 Å². The average molecular weight is 305 g/mol. The van der Waals surface area contributed by atoms with E-state index in [1.807, 2.05) is 11.9 Å². The van der Waals surface area contributed by atoms with Gasteiger partial charge in [-0.3, -0.25) is 9.69 Å². The van der Waals surface area contributed by atoms with Crippen LogP contribution in [-0.2, 0) is 11.3 Å². The Morgan fingerprint density at radius 2 is 1.91 bits per heavy atom. The van der Waals surface area contributed by atoms with Gasteiger partial charge < -0.3 is 14.6 Å². The SMILES string of the molecule is CN1CC2(CCN(CCCn3cccc3)CC2)C[C@H]1C(=O)O. The lowest BCUT2D eigenvalue weighted by Crippen LogP contribution is -2.41. The van der Waals surface area contributed by atoms with Crippen LogP contribution in [0.2, 0.25) is 0 Å². The number of aliphatic carboxylic acids is 1. The fraction of sp³-hybridized carbons (Fsp3) is 0.706. The molecule has 0 amide bonds. The van der Waals surface area contributed by atoms with E-state index in [-0.39, 0.29) is 11.5 Å². The lowest BCUT2D eigenvalue weighted by Gasteiger charge is -2.39. The summed E-state index contributed by atoms with van der Waals surface area (Å²) < 4.78 is 2.23. The van der Waals surface area contributed by atoms with Crippen molar-refractivity contribution in [1.82, 2.24) is 14.4 Å². The zero-order valence-corrected chi connectivity index (χ0v) is 13.4. The Kier molecular flexibility index (Phi) is 4.54. The number of hydrogen-bond donors (Lipinski definition) is 1. The molecule has 5 nitrogen and oxygen atoms in total. The van der Waals surface area contributed by atoms with E-state index in [1.165, 1.54) is 6.42 Å². The Morgan fingerprint density at radius 3 is 2.50 bits per heavy atom. The summed E-state index contributed by atoms with van der Waals surface area (Å²) in [6.07, 6.45) is 8.53. The van der Waals surface area contributed by atoms with E-state index in [2.05, 4.69) is 34.0 Å². The number of hydrogen-bond acceptors (Lipinski definition) is 3. The summed E-state index contributed by atoms with van der Waals surface area (Å²) in [5.41, 5.74) is 0.245. The molecule has 0 aromatic carbocycles. The van der Waals surface area contributed by atoms with E-state index in [0.29, 0.717) is 0 Å². The van der Waals surface area contributed by atoms with Gasteiger partial charge in [0.2, 0.25) is 0 Å². The molecule has 0 unspecified atom stereocenters. The molecule has 1 atom stereocenters. The number of carboxylic acid groups (broad SMARTS) is 1. The van der Waals surface area contributed by atoms with Crippen molar-refractivity contribution in [1.29, 1.82) is 0 Å². The van der Waals surface area contributed by atoms with Crippen LogP contribution in [0.1, 0.15) is 25.7 Å². The van der Waals surface area contributed by atoms with E-state index >= 15 is 0 Å². The molecule has 1 spiro atoms. The van der Waals surface area contributed by atoms with E-state index in [0.717, 1.165) is 52.0 Å². The van der Waals surface area contributed by atoms with Crippen LogP contribution in [0.15, 0.2) is 24.5 Å². The summed E-state index contributed by atoms with van der Waals surface area (Å²) in [4.78, 5) is 15.9. The molecule has 1 aromatic heterocycles. The molecule has 5 heteroatoms. The van der Waals surface area contributed by atoms with Crippen molar-refractivity contribution < 1.29 is 9.90 Å². The third-order valence-corrected chi connectivity index (χ3v) is 5.50. The first-order chi connectivity index (χ1) is 10.6. The summed E-state index contributed by atoms with van der Waals surface area (Å²) in [7, 11) is 1.96. The van der Waals surface area contributed by atoms with Crippen LogP contribution in [0.3, 0.4) is 0 Å². The van der Waals surface area contributed by atoms with Crippen molar-refractivity contribution in [2.24, 2.45) is 5.41 Å². The van der Waals surface area contributed by atoms with Crippen molar-refractivity contribution >= 4 is 5.97 Å². The molecular weight excluding hydrogens is 278 g/mol. The average Bonchev–Trinajstić information content (AvgIpc) is 3.10. The minimum atomic E-state index is -0.659. The van der Waals surface area contributed by atoms with E-state index in [9.17, 15) is 9.90 Å². The standard InChI is InChI=1S/C17H27N3O2/c1-18-14-17(13-15(18)16(21)22)5-11-20(12-6-17)10-4-9-19-7-2-3-8-19/h2-3,7-8,15H,4-6,9-14H2,1H3,(H,21,22)/t15-/m0/s1. The highest BCUT2D eigenvalue weighted by Crippen LogP contribution is 2.42. The fourth-order valence-electron chi connectivity index (χ4n) is 4.15. The Labute approximate surface area is 132 Å². The number of rotatable bonds is 5. The van der Waals surface area contributed by atoms with Gasteiger partial charge in [0.15, 0.2) is 0 Å². The van der Waals surface area contributed by atoms with Crippen LogP contribution >= 0.6 is 0 Å². The second kappa shape index (κ2) is 6.42. The van der Waals surface area contributed by atoms with Gasteiger partial charge in [0.25, 0.3) is 0 Å². The summed E-state index contributed by atoms with van der Waals surface area (Å²) in [5, 5.41) is 9.30. The molecule has 0 bridgehead atoms. The molecule has 22 heavy (non-hydrogen) atoms. The molecule has 2 saturated heterocycles. The van der Waals surface area contributed by atoms with Gasteiger partial charge in [-0.15, -0.1) is 0 Å². The maximum absolute atomic E-state index is 11.3. The third kappa shape index (κ3) is 3.36. The molecule has 1 N–H and O–H groups in total. The van der Waals surface area contributed by atoms with Crippen molar-refractivity contribution in [2.75, 3.05) is 33.2 Å². The van der Waals surface area contributed by atoms with Crippen LogP contribution in [0, 0.1) is 5.41 Å². The van der Waals surface area contributed by atoms with Gasteiger partial charge in [-0.2, -0.15) is 0 Å². The van der Waals surface area contributed by atoms with Gasteiger partial charge >= 0.3 is 5.97 Å². The lowest BCUT2D eigenvalue weighted by molar-refractivity contribution is -0.141. The molecule has 0 radical (unpaired) electrons. The first-order valence-corrected chi connectivity index (χ1v) is 8.34. The predicted octanol–water partition coefficient (Wildman–Crippen LogP) is 1.75. The predicted molar refractivity (Wildman–Crippen MR) is 85.8 cm³/mol. The van der Waals surface area contributed by atoms with Crippen molar-refractivity contribution in [2.45, 2.75) is 38.3 Å². The lowest BCUT2D eigenvalue weighted by atomic mass is 9.76. The molecule has 2 aliphatic rings. The highest BCUT2D eigenvalue weighted by atomic mass is 16.4. The van der Waals surface area contributed by atoms with E-state index < -0.39 is 5.97 Å². The molecule has 2 aliphatic heterocycles. The smallest absolute Gasteiger partial charge is 0.320 e. The minimum absolute atomic E-state index is 0.245. The van der Waals surface area contributed by atoms with Gasteiger partial charge in [0, 0.05) is 25.5 Å². The maximum atomic E-state index is 11.3. The number of piperidine rings is 1. The number of nitrogens with zero attached hydrogens (tertiary/aromatic N) is 3. The summed E-state index contributed by atoms with van der Waals surface area (Å²) in [6.45, 7) is 5.41. The van der Waals surface area contributed by atoms with Crippen LogP contribution in [-0.4, -0.2) is 64.7 Å². The number of likely N-dealkylation sites (tertiary alicyclic amines) is 2. The van der Waals surface area contributed by atoms with Crippen LogP contribution in [0.5, 0.6) is 0 Å². The monoisotopic (exact) mass is 305 g/mol. The van der Waals surface area contributed by atoms with Crippen molar-refractivity contribution in [3.05, 3.63) is 24.5 Å². The van der Waals surface area contributed by atoms with Crippen LogP contribution < -0.4 is 0 Å². The van der Waals surface area contributed by atoms with Gasteiger partial charge in [-0.05, 0) is 69.9 Å². The van der Waals surface area contributed by atoms with Gasteiger partial charge in [0.1, 0.15) is 6.04 Å². The zero-order valence-electron chi connectivity index (χ0n) is 13.4. The quantitative estimate of drug-likeness (QED) is 0.900. The molecule has 3 heterocycles. The van der Waals surface area contributed by atoms with E-state index in [1.54, 1.807) is 0 Å². The van der Waals surface area contributed by atoms with Gasteiger partial charge in [-0.1, -0.05) is 0 Å². The number of carbonyl (C=O) groups is 1. The van der Waals surface area contributed by atoms with E-state index in [4.69, 9.17) is 0 Å².